The molecule has 0 aromatic carbocycles. The van der Waals surface area contributed by atoms with Gasteiger partial charge in [-0.25, -0.2) is 0 Å². The van der Waals surface area contributed by atoms with Crippen LogP contribution >= 0.6 is 0 Å². The lowest BCUT2D eigenvalue weighted by Gasteiger charge is -2.32. The number of hydrogen-bond acceptors (Lipinski definition) is 4. The van der Waals surface area contributed by atoms with E-state index in [1.807, 2.05) is 0 Å². The number of rotatable bonds is 4. The third-order valence-corrected chi connectivity index (χ3v) is 2.66. The zero-order chi connectivity index (χ0) is 10.4. The highest BCUT2D eigenvalue weighted by Gasteiger charge is 2.17. The van der Waals surface area contributed by atoms with E-state index in [-0.39, 0.29) is 5.97 Å². The van der Waals surface area contributed by atoms with Gasteiger partial charge in [-0.15, -0.1) is 0 Å². The Morgan fingerprint density at radius 3 is 2.71 bits per heavy atom. The van der Waals surface area contributed by atoms with Gasteiger partial charge in [0.25, 0.3) is 0 Å². The lowest BCUT2D eigenvalue weighted by Crippen LogP contribution is -2.42. The number of morpholine rings is 1. The normalized spacial score (nSPS) is 20.4. The van der Waals surface area contributed by atoms with Gasteiger partial charge in [0, 0.05) is 25.6 Å². The summed E-state index contributed by atoms with van der Waals surface area (Å²) in [6.45, 7) is 5.71. The molecule has 0 amide bonds. The maximum absolute atomic E-state index is 10.9. The molecule has 1 aliphatic heterocycles. The summed E-state index contributed by atoms with van der Waals surface area (Å²) in [5.41, 5.74) is 0. The standard InChI is InChI=1S/C10H19NO3/c1-9(3-4-10(12)13-2)11-5-7-14-8-6-11/h9H,3-8H2,1-2H3. The van der Waals surface area contributed by atoms with E-state index < -0.39 is 0 Å². The Balaban J connectivity index is 2.19. The van der Waals surface area contributed by atoms with Crippen LogP contribution in [0.3, 0.4) is 0 Å². The molecule has 1 rings (SSSR count). The molecule has 1 aliphatic rings. The first kappa shape index (κ1) is 11.5. The Kier molecular flexibility index (Phi) is 4.90. The molecule has 0 saturated carbocycles. The van der Waals surface area contributed by atoms with Crippen LogP contribution in [0.4, 0.5) is 0 Å². The summed E-state index contributed by atoms with van der Waals surface area (Å²) in [6.07, 6.45) is 1.38. The lowest BCUT2D eigenvalue weighted by molar-refractivity contribution is -0.141. The van der Waals surface area contributed by atoms with Gasteiger partial charge in [0.2, 0.25) is 0 Å². The highest BCUT2D eigenvalue weighted by molar-refractivity contribution is 5.69. The molecular formula is C10H19NO3. The van der Waals surface area contributed by atoms with E-state index in [0.29, 0.717) is 12.5 Å². The summed E-state index contributed by atoms with van der Waals surface area (Å²) in [5, 5.41) is 0. The Morgan fingerprint density at radius 2 is 2.14 bits per heavy atom. The van der Waals surface area contributed by atoms with Crippen molar-refractivity contribution in [1.82, 2.24) is 4.90 Å². The van der Waals surface area contributed by atoms with Crippen LogP contribution in [0.2, 0.25) is 0 Å². The number of hydrogen-bond donors (Lipinski definition) is 0. The van der Waals surface area contributed by atoms with Crippen LogP contribution in [-0.2, 0) is 14.3 Å². The molecule has 0 aliphatic carbocycles. The zero-order valence-corrected chi connectivity index (χ0v) is 8.99. The Hall–Kier alpha value is -0.610. The number of carbonyl (C=O) groups excluding carboxylic acids is 1. The van der Waals surface area contributed by atoms with Crippen molar-refractivity contribution in [2.45, 2.75) is 25.8 Å². The Bertz CT molecular complexity index is 178. The van der Waals surface area contributed by atoms with Crippen molar-refractivity contribution in [2.75, 3.05) is 33.4 Å². The van der Waals surface area contributed by atoms with Gasteiger partial charge in [0.1, 0.15) is 0 Å². The first-order valence-corrected chi connectivity index (χ1v) is 5.12. The second kappa shape index (κ2) is 5.98. The molecule has 0 N–H and O–H groups in total. The lowest BCUT2D eigenvalue weighted by atomic mass is 10.1. The van der Waals surface area contributed by atoms with E-state index in [4.69, 9.17) is 4.74 Å². The fraction of sp³-hybridized carbons (Fsp3) is 0.900. The van der Waals surface area contributed by atoms with Crippen molar-refractivity contribution in [1.29, 1.82) is 0 Å². The number of carbonyl (C=O) groups is 1. The fourth-order valence-corrected chi connectivity index (χ4v) is 1.63. The average molecular weight is 201 g/mol. The molecule has 4 heteroatoms. The molecule has 82 valence electrons. The molecule has 4 nitrogen and oxygen atoms in total. The van der Waals surface area contributed by atoms with Gasteiger partial charge in [0.15, 0.2) is 0 Å². The maximum Gasteiger partial charge on any atom is 0.305 e. The van der Waals surface area contributed by atoms with Gasteiger partial charge >= 0.3 is 5.97 Å². The second-order valence-electron chi connectivity index (χ2n) is 3.61. The largest absolute Gasteiger partial charge is 0.469 e. The van der Waals surface area contributed by atoms with E-state index >= 15 is 0 Å². The van der Waals surface area contributed by atoms with Gasteiger partial charge in [-0.1, -0.05) is 0 Å². The molecular weight excluding hydrogens is 182 g/mol. The van der Waals surface area contributed by atoms with Crippen LogP contribution in [0.15, 0.2) is 0 Å². The van der Waals surface area contributed by atoms with E-state index in [2.05, 4.69) is 16.6 Å². The molecule has 0 aromatic rings. The minimum atomic E-state index is -0.120. The van der Waals surface area contributed by atoms with Gasteiger partial charge in [0.05, 0.1) is 20.3 Å². The molecule has 1 atom stereocenters. The van der Waals surface area contributed by atoms with Crippen LogP contribution in [0, 0.1) is 0 Å². The summed E-state index contributed by atoms with van der Waals surface area (Å²) < 4.78 is 9.87. The predicted octanol–water partition coefficient (Wildman–Crippen LogP) is 0.660. The first-order chi connectivity index (χ1) is 6.74. The first-order valence-electron chi connectivity index (χ1n) is 5.12. The highest BCUT2D eigenvalue weighted by atomic mass is 16.5. The van der Waals surface area contributed by atoms with Gasteiger partial charge in [-0.2, -0.15) is 0 Å². The summed E-state index contributed by atoms with van der Waals surface area (Å²) in [5.74, 6) is -0.120. The Morgan fingerprint density at radius 1 is 1.50 bits per heavy atom. The number of methoxy groups -OCH3 is 1. The monoisotopic (exact) mass is 201 g/mol. The van der Waals surface area contributed by atoms with Crippen molar-refractivity contribution in [3.05, 3.63) is 0 Å². The number of esters is 1. The van der Waals surface area contributed by atoms with Crippen molar-refractivity contribution in [2.24, 2.45) is 0 Å². The summed E-state index contributed by atoms with van der Waals surface area (Å²) in [6, 6.07) is 0.443. The zero-order valence-electron chi connectivity index (χ0n) is 8.99. The van der Waals surface area contributed by atoms with E-state index in [1.54, 1.807) is 0 Å². The van der Waals surface area contributed by atoms with Gasteiger partial charge in [-0.05, 0) is 13.3 Å². The minimum Gasteiger partial charge on any atom is -0.469 e. The van der Waals surface area contributed by atoms with Gasteiger partial charge < -0.3 is 9.47 Å². The topological polar surface area (TPSA) is 38.8 Å². The predicted molar refractivity (Wildman–Crippen MR) is 53.1 cm³/mol. The molecule has 14 heavy (non-hydrogen) atoms. The highest BCUT2D eigenvalue weighted by Crippen LogP contribution is 2.09. The minimum absolute atomic E-state index is 0.120. The van der Waals surface area contributed by atoms with Crippen LogP contribution < -0.4 is 0 Å². The summed E-state index contributed by atoms with van der Waals surface area (Å²) in [4.78, 5) is 13.3. The van der Waals surface area contributed by atoms with Crippen molar-refractivity contribution in [3.8, 4) is 0 Å². The van der Waals surface area contributed by atoms with Crippen LogP contribution in [0.25, 0.3) is 0 Å². The van der Waals surface area contributed by atoms with Crippen LogP contribution in [0.1, 0.15) is 19.8 Å². The van der Waals surface area contributed by atoms with E-state index in [1.165, 1.54) is 7.11 Å². The number of nitrogens with zero attached hydrogens (tertiary/aromatic N) is 1. The quantitative estimate of drug-likeness (QED) is 0.626. The third kappa shape index (κ3) is 3.64. The van der Waals surface area contributed by atoms with Crippen molar-refractivity contribution >= 4 is 5.97 Å². The van der Waals surface area contributed by atoms with Gasteiger partial charge in [-0.3, -0.25) is 9.69 Å². The van der Waals surface area contributed by atoms with Crippen LogP contribution in [0.5, 0.6) is 0 Å². The molecule has 1 heterocycles. The molecule has 0 bridgehead atoms. The number of ether oxygens (including phenoxy) is 2. The Labute approximate surface area is 85.2 Å². The van der Waals surface area contributed by atoms with E-state index in [0.717, 1.165) is 32.7 Å². The molecule has 0 aromatic heterocycles. The molecule has 0 spiro atoms. The van der Waals surface area contributed by atoms with Crippen molar-refractivity contribution < 1.29 is 14.3 Å². The second-order valence-corrected chi connectivity index (χ2v) is 3.61. The SMILES string of the molecule is COC(=O)CCC(C)N1CCOCC1. The summed E-state index contributed by atoms with van der Waals surface area (Å²) in [7, 11) is 1.43. The molecule has 0 radical (unpaired) electrons. The average Bonchev–Trinajstić information content (AvgIpc) is 2.26. The fourth-order valence-electron chi connectivity index (χ4n) is 1.63. The van der Waals surface area contributed by atoms with Crippen molar-refractivity contribution in [3.63, 3.8) is 0 Å². The third-order valence-electron chi connectivity index (χ3n) is 2.66. The molecule has 1 fully saturated rings. The summed E-state index contributed by atoms with van der Waals surface area (Å²) >= 11 is 0. The molecule has 1 unspecified atom stereocenters. The van der Waals surface area contributed by atoms with E-state index in [9.17, 15) is 4.79 Å². The van der Waals surface area contributed by atoms with Crippen LogP contribution in [-0.4, -0.2) is 50.3 Å². The maximum atomic E-state index is 10.9. The smallest absolute Gasteiger partial charge is 0.305 e. The molecule has 1 saturated heterocycles.